The SMILES string of the molecule is Cc1ccc(S(=O)(=O)N(CC(=O)N/N=C\c2ccc(OCC(=O)NC[C@@H]3CCCO3)cc2)c2cccc(Cl)c2)cc1. The van der Waals surface area contributed by atoms with Gasteiger partial charge in [0, 0.05) is 18.2 Å². The van der Waals surface area contributed by atoms with Gasteiger partial charge in [-0.3, -0.25) is 13.9 Å². The second-order valence-corrected chi connectivity index (χ2v) is 11.7. The van der Waals surface area contributed by atoms with E-state index >= 15 is 0 Å². The number of amides is 2. The number of hydrazone groups is 1. The summed E-state index contributed by atoms with van der Waals surface area (Å²) in [5, 5.41) is 7.07. The fraction of sp³-hybridized carbons (Fsp3) is 0.276. The fourth-order valence-corrected chi connectivity index (χ4v) is 5.61. The van der Waals surface area contributed by atoms with Crippen molar-refractivity contribution in [1.82, 2.24) is 10.7 Å². The van der Waals surface area contributed by atoms with Crippen LogP contribution in [0, 0.1) is 6.92 Å². The standard InChI is InChI=1S/C29H31ClN4O6S/c1-21-7-13-27(14-8-21)41(37,38)34(24-5-2-4-23(30)16-24)19-28(35)33-32-17-22-9-11-25(12-10-22)40-20-29(36)31-18-26-6-3-15-39-26/h2,4-5,7-14,16-17,26H,3,6,15,18-20H2,1H3,(H,31,36)(H,33,35)/b32-17-/t26-/m0/s1. The molecule has 1 aliphatic heterocycles. The molecule has 216 valence electrons. The fourth-order valence-electron chi connectivity index (χ4n) is 4.01. The van der Waals surface area contributed by atoms with Crippen LogP contribution in [0.4, 0.5) is 5.69 Å². The van der Waals surface area contributed by atoms with Gasteiger partial charge in [-0.25, -0.2) is 13.8 Å². The van der Waals surface area contributed by atoms with Crippen molar-refractivity contribution in [2.45, 2.75) is 30.8 Å². The Balaban J connectivity index is 1.32. The molecule has 1 saturated heterocycles. The minimum Gasteiger partial charge on any atom is -0.484 e. The lowest BCUT2D eigenvalue weighted by Crippen LogP contribution is -2.39. The van der Waals surface area contributed by atoms with Crippen LogP contribution in [0.5, 0.6) is 5.75 Å². The molecule has 12 heteroatoms. The van der Waals surface area contributed by atoms with Gasteiger partial charge in [0.15, 0.2) is 6.61 Å². The molecule has 1 heterocycles. The number of benzene rings is 3. The summed E-state index contributed by atoms with van der Waals surface area (Å²) in [7, 11) is -4.07. The number of sulfonamides is 1. The summed E-state index contributed by atoms with van der Waals surface area (Å²) in [6, 6.07) is 19.4. The van der Waals surface area contributed by atoms with E-state index in [2.05, 4.69) is 15.8 Å². The average Bonchev–Trinajstić information content (AvgIpc) is 3.48. The first-order valence-electron chi connectivity index (χ1n) is 13.0. The topological polar surface area (TPSA) is 126 Å². The maximum atomic E-state index is 13.4. The molecule has 41 heavy (non-hydrogen) atoms. The third-order valence-corrected chi connectivity index (χ3v) is 8.22. The number of nitrogens with zero attached hydrogens (tertiary/aromatic N) is 2. The van der Waals surface area contributed by atoms with E-state index < -0.39 is 22.5 Å². The van der Waals surface area contributed by atoms with Crippen molar-refractivity contribution in [3.8, 4) is 5.75 Å². The molecule has 2 amide bonds. The van der Waals surface area contributed by atoms with Gasteiger partial charge in [-0.15, -0.1) is 0 Å². The Labute approximate surface area is 244 Å². The smallest absolute Gasteiger partial charge is 0.264 e. The van der Waals surface area contributed by atoms with Gasteiger partial charge >= 0.3 is 0 Å². The normalized spacial score (nSPS) is 15.0. The molecule has 0 aliphatic carbocycles. The average molecular weight is 599 g/mol. The third kappa shape index (κ3) is 8.78. The number of hydrogen-bond donors (Lipinski definition) is 2. The van der Waals surface area contributed by atoms with E-state index in [9.17, 15) is 18.0 Å². The predicted octanol–water partition coefficient (Wildman–Crippen LogP) is 3.67. The van der Waals surface area contributed by atoms with Crippen LogP contribution in [-0.4, -0.2) is 58.9 Å². The van der Waals surface area contributed by atoms with Crippen LogP contribution in [0.15, 0.2) is 82.8 Å². The molecule has 0 spiro atoms. The van der Waals surface area contributed by atoms with Gasteiger partial charge < -0.3 is 14.8 Å². The Hall–Kier alpha value is -3.93. The number of nitrogens with one attached hydrogen (secondary N) is 2. The van der Waals surface area contributed by atoms with Crippen LogP contribution in [-0.2, 0) is 24.3 Å². The molecule has 1 aliphatic rings. The Morgan fingerprint density at radius 1 is 1.10 bits per heavy atom. The van der Waals surface area contributed by atoms with Crippen LogP contribution in [0.25, 0.3) is 0 Å². The van der Waals surface area contributed by atoms with Crippen LogP contribution in [0.2, 0.25) is 5.02 Å². The number of hydrogen-bond acceptors (Lipinski definition) is 7. The van der Waals surface area contributed by atoms with Crippen molar-refractivity contribution in [3.05, 3.63) is 88.9 Å². The Kier molecular flexibility index (Phi) is 10.3. The minimum absolute atomic E-state index is 0.0435. The first-order chi connectivity index (χ1) is 19.7. The number of aryl methyl sites for hydroxylation is 1. The molecule has 0 saturated carbocycles. The lowest BCUT2D eigenvalue weighted by atomic mass is 10.2. The summed E-state index contributed by atoms with van der Waals surface area (Å²) in [4.78, 5) is 24.8. The minimum atomic E-state index is -4.07. The molecule has 0 radical (unpaired) electrons. The van der Waals surface area contributed by atoms with E-state index in [1.165, 1.54) is 24.4 Å². The summed E-state index contributed by atoms with van der Waals surface area (Å²) in [6.45, 7) is 2.41. The van der Waals surface area contributed by atoms with Gasteiger partial charge in [-0.05, 0) is 79.9 Å². The molecule has 1 atom stereocenters. The van der Waals surface area contributed by atoms with E-state index in [1.807, 2.05) is 6.92 Å². The highest BCUT2D eigenvalue weighted by molar-refractivity contribution is 7.92. The van der Waals surface area contributed by atoms with Crippen molar-refractivity contribution in [2.24, 2.45) is 5.10 Å². The zero-order chi connectivity index (χ0) is 29.2. The summed E-state index contributed by atoms with van der Waals surface area (Å²) in [6.07, 6.45) is 3.43. The zero-order valence-electron chi connectivity index (χ0n) is 22.5. The molecule has 3 aromatic carbocycles. The van der Waals surface area contributed by atoms with E-state index in [1.54, 1.807) is 54.6 Å². The lowest BCUT2D eigenvalue weighted by molar-refractivity contribution is -0.123. The number of anilines is 1. The maximum absolute atomic E-state index is 13.4. The number of halogens is 1. The molecule has 0 aromatic heterocycles. The molecule has 3 aromatic rings. The predicted molar refractivity (Wildman–Crippen MR) is 157 cm³/mol. The van der Waals surface area contributed by atoms with Crippen molar-refractivity contribution >= 4 is 45.3 Å². The van der Waals surface area contributed by atoms with E-state index in [0.29, 0.717) is 22.9 Å². The van der Waals surface area contributed by atoms with Crippen LogP contribution >= 0.6 is 11.6 Å². The molecule has 0 bridgehead atoms. The molecule has 4 rings (SSSR count). The number of carbonyl (C=O) groups is 2. The Bertz CT molecular complexity index is 1470. The van der Waals surface area contributed by atoms with Crippen molar-refractivity contribution < 1.29 is 27.5 Å². The largest absolute Gasteiger partial charge is 0.484 e. The second-order valence-electron chi connectivity index (χ2n) is 9.39. The highest BCUT2D eigenvalue weighted by Crippen LogP contribution is 2.26. The summed E-state index contributed by atoms with van der Waals surface area (Å²) < 4.78 is 38.8. The highest BCUT2D eigenvalue weighted by atomic mass is 35.5. The van der Waals surface area contributed by atoms with E-state index in [4.69, 9.17) is 21.1 Å². The molecular formula is C29H31ClN4O6S. The van der Waals surface area contributed by atoms with Crippen molar-refractivity contribution in [3.63, 3.8) is 0 Å². The van der Waals surface area contributed by atoms with Gasteiger partial charge in [0.1, 0.15) is 12.3 Å². The van der Waals surface area contributed by atoms with Crippen LogP contribution in [0.1, 0.15) is 24.0 Å². The first-order valence-corrected chi connectivity index (χ1v) is 14.8. The zero-order valence-corrected chi connectivity index (χ0v) is 24.0. The quantitative estimate of drug-likeness (QED) is 0.242. The summed E-state index contributed by atoms with van der Waals surface area (Å²) in [5.41, 5.74) is 4.17. The summed E-state index contributed by atoms with van der Waals surface area (Å²) in [5.74, 6) is -0.382. The molecule has 0 unspecified atom stereocenters. The van der Waals surface area contributed by atoms with Crippen LogP contribution in [0.3, 0.4) is 0 Å². The Morgan fingerprint density at radius 2 is 1.85 bits per heavy atom. The number of carbonyl (C=O) groups excluding carboxylic acids is 2. The maximum Gasteiger partial charge on any atom is 0.264 e. The van der Waals surface area contributed by atoms with Gasteiger partial charge in [-0.2, -0.15) is 5.10 Å². The number of ether oxygens (including phenoxy) is 2. The number of rotatable bonds is 12. The first kappa shape index (κ1) is 30.0. The van der Waals surface area contributed by atoms with Gasteiger partial charge in [-0.1, -0.05) is 35.4 Å². The second kappa shape index (κ2) is 14.1. The van der Waals surface area contributed by atoms with Gasteiger partial charge in [0.25, 0.3) is 21.8 Å². The third-order valence-electron chi connectivity index (χ3n) is 6.20. The van der Waals surface area contributed by atoms with Gasteiger partial charge in [0.2, 0.25) is 0 Å². The summed E-state index contributed by atoms with van der Waals surface area (Å²) >= 11 is 6.10. The molecule has 10 nitrogen and oxygen atoms in total. The Morgan fingerprint density at radius 3 is 2.54 bits per heavy atom. The van der Waals surface area contributed by atoms with Crippen molar-refractivity contribution in [1.29, 1.82) is 0 Å². The molecule has 1 fully saturated rings. The molecular weight excluding hydrogens is 568 g/mol. The molecule has 2 N–H and O–H groups in total. The van der Waals surface area contributed by atoms with Crippen molar-refractivity contribution in [2.75, 3.05) is 30.6 Å². The van der Waals surface area contributed by atoms with E-state index in [-0.39, 0.29) is 29.2 Å². The van der Waals surface area contributed by atoms with E-state index in [0.717, 1.165) is 29.3 Å². The lowest BCUT2D eigenvalue weighted by Gasteiger charge is -2.24. The monoisotopic (exact) mass is 598 g/mol. The highest BCUT2D eigenvalue weighted by Gasteiger charge is 2.27. The van der Waals surface area contributed by atoms with Gasteiger partial charge in [0.05, 0.1) is 22.9 Å². The van der Waals surface area contributed by atoms with Crippen LogP contribution < -0.4 is 19.8 Å².